The minimum atomic E-state index is -0.287. The number of rotatable bonds is 5. The van der Waals surface area contributed by atoms with Crippen LogP contribution in [-0.4, -0.2) is 19.6 Å². The summed E-state index contributed by atoms with van der Waals surface area (Å²) in [5, 5.41) is 3.49. The van der Waals surface area contributed by atoms with Gasteiger partial charge in [-0.05, 0) is 34.1 Å². The van der Waals surface area contributed by atoms with E-state index < -0.39 is 0 Å². The van der Waals surface area contributed by atoms with Crippen molar-refractivity contribution in [2.45, 2.75) is 6.10 Å². The second-order valence-electron chi connectivity index (χ2n) is 4.44. The summed E-state index contributed by atoms with van der Waals surface area (Å²) in [6.07, 6.45) is -0.287. The highest BCUT2D eigenvalue weighted by molar-refractivity contribution is 9.10. The van der Waals surface area contributed by atoms with Crippen molar-refractivity contribution in [2.75, 3.05) is 13.7 Å². The van der Waals surface area contributed by atoms with Crippen LogP contribution in [0.5, 0.6) is 0 Å². The largest absolute Gasteiger partial charge is 0.375 e. The second-order valence-corrected chi connectivity index (χ2v) is 5.70. The van der Waals surface area contributed by atoms with Gasteiger partial charge in [0.2, 0.25) is 0 Å². The summed E-state index contributed by atoms with van der Waals surface area (Å²) in [5.41, 5.74) is 1.45. The number of methoxy groups -OCH3 is 1. The standard InChI is InChI=1S/C16H15BrClNO2/c1-21-15(12-7-3-5-9-14(12)18)10-19-16(20)11-6-2-4-8-13(11)17/h2-9,15H,10H2,1H3,(H,19,20). The molecule has 3 nitrogen and oxygen atoms in total. The smallest absolute Gasteiger partial charge is 0.252 e. The van der Waals surface area contributed by atoms with Gasteiger partial charge in [-0.1, -0.05) is 41.9 Å². The maximum atomic E-state index is 12.2. The Kier molecular flexibility index (Phi) is 5.79. The zero-order valence-electron chi connectivity index (χ0n) is 11.5. The van der Waals surface area contributed by atoms with Gasteiger partial charge in [0, 0.05) is 28.7 Å². The van der Waals surface area contributed by atoms with Gasteiger partial charge in [-0.3, -0.25) is 4.79 Å². The third kappa shape index (κ3) is 4.06. The van der Waals surface area contributed by atoms with Crippen molar-refractivity contribution in [3.63, 3.8) is 0 Å². The van der Waals surface area contributed by atoms with Gasteiger partial charge in [-0.15, -0.1) is 0 Å². The van der Waals surface area contributed by atoms with Crippen molar-refractivity contribution in [3.05, 3.63) is 69.2 Å². The lowest BCUT2D eigenvalue weighted by molar-refractivity contribution is 0.0827. The lowest BCUT2D eigenvalue weighted by atomic mass is 10.1. The van der Waals surface area contributed by atoms with Gasteiger partial charge in [-0.2, -0.15) is 0 Å². The summed E-state index contributed by atoms with van der Waals surface area (Å²) in [6, 6.07) is 14.7. The summed E-state index contributed by atoms with van der Waals surface area (Å²) >= 11 is 9.52. The highest BCUT2D eigenvalue weighted by atomic mass is 79.9. The van der Waals surface area contributed by atoms with Crippen LogP contribution in [0.15, 0.2) is 53.0 Å². The molecule has 0 aromatic heterocycles. The molecule has 1 amide bonds. The van der Waals surface area contributed by atoms with E-state index in [9.17, 15) is 4.79 Å². The summed E-state index contributed by atoms with van der Waals surface area (Å²) in [4.78, 5) is 12.2. The van der Waals surface area contributed by atoms with Gasteiger partial charge in [0.1, 0.15) is 6.10 Å². The molecule has 0 bridgehead atoms. The summed E-state index contributed by atoms with van der Waals surface area (Å²) < 4.78 is 6.18. The molecule has 5 heteroatoms. The first-order chi connectivity index (χ1) is 10.1. The Balaban J connectivity index is 2.06. The third-order valence-corrected chi connectivity index (χ3v) is 4.14. The van der Waals surface area contributed by atoms with E-state index >= 15 is 0 Å². The van der Waals surface area contributed by atoms with Crippen LogP contribution in [0.1, 0.15) is 22.0 Å². The van der Waals surface area contributed by atoms with Crippen LogP contribution in [-0.2, 0) is 4.74 Å². The fourth-order valence-electron chi connectivity index (χ4n) is 1.98. The fourth-order valence-corrected chi connectivity index (χ4v) is 2.70. The highest BCUT2D eigenvalue weighted by Gasteiger charge is 2.16. The molecule has 0 aliphatic heterocycles. The molecule has 0 fully saturated rings. The Labute approximate surface area is 137 Å². The molecule has 21 heavy (non-hydrogen) atoms. The third-order valence-electron chi connectivity index (χ3n) is 3.10. The van der Waals surface area contributed by atoms with Crippen LogP contribution < -0.4 is 5.32 Å². The number of carbonyl (C=O) groups excluding carboxylic acids is 1. The van der Waals surface area contributed by atoms with Gasteiger partial charge < -0.3 is 10.1 Å². The topological polar surface area (TPSA) is 38.3 Å². The second kappa shape index (κ2) is 7.59. The minimum Gasteiger partial charge on any atom is -0.375 e. The van der Waals surface area contributed by atoms with Gasteiger partial charge in [0.05, 0.1) is 5.56 Å². The van der Waals surface area contributed by atoms with Crippen LogP contribution >= 0.6 is 27.5 Å². The number of halogens is 2. The predicted octanol–water partition coefficient (Wildman–Crippen LogP) is 4.22. The monoisotopic (exact) mass is 367 g/mol. The average molecular weight is 369 g/mol. The Bertz CT molecular complexity index is 633. The predicted molar refractivity (Wildman–Crippen MR) is 87.7 cm³/mol. The van der Waals surface area contributed by atoms with Crippen molar-refractivity contribution in [1.82, 2.24) is 5.32 Å². The SMILES string of the molecule is COC(CNC(=O)c1ccccc1Br)c1ccccc1Cl. The molecular formula is C16H15BrClNO2. The van der Waals surface area contributed by atoms with Crippen LogP contribution in [0.4, 0.5) is 0 Å². The molecule has 2 aromatic carbocycles. The molecule has 1 atom stereocenters. The van der Waals surface area contributed by atoms with Gasteiger partial charge in [0.25, 0.3) is 5.91 Å². The molecular weight excluding hydrogens is 354 g/mol. The fraction of sp³-hybridized carbons (Fsp3) is 0.188. The van der Waals surface area contributed by atoms with Gasteiger partial charge >= 0.3 is 0 Å². The van der Waals surface area contributed by atoms with E-state index in [0.717, 1.165) is 10.0 Å². The zero-order valence-corrected chi connectivity index (χ0v) is 13.8. The molecule has 0 aliphatic rings. The lowest BCUT2D eigenvalue weighted by Gasteiger charge is -2.18. The van der Waals surface area contributed by atoms with Gasteiger partial charge in [-0.25, -0.2) is 0 Å². The van der Waals surface area contributed by atoms with Crippen molar-refractivity contribution in [1.29, 1.82) is 0 Å². The molecule has 0 heterocycles. The minimum absolute atomic E-state index is 0.156. The number of hydrogen-bond acceptors (Lipinski definition) is 2. The van der Waals surface area contributed by atoms with E-state index in [1.807, 2.05) is 36.4 Å². The van der Waals surface area contributed by atoms with Crippen molar-refractivity contribution < 1.29 is 9.53 Å². The van der Waals surface area contributed by atoms with Crippen molar-refractivity contribution in [3.8, 4) is 0 Å². The van der Waals surface area contributed by atoms with Gasteiger partial charge in [0.15, 0.2) is 0 Å². The summed E-state index contributed by atoms with van der Waals surface area (Å²) in [6.45, 7) is 0.348. The first-order valence-corrected chi connectivity index (χ1v) is 7.60. The van der Waals surface area contributed by atoms with Crippen molar-refractivity contribution in [2.24, 2.45) is 0 Å². The molecule has 1 N–H and O–H groups in total. The van der Waals surface area contributed by atoms with E-state index in [0.29, 0.717) is 17.1 Å². The van der Waals surface area contributed by atoms with E-state index in [2.05, 4.69) is 21.2 Å². The van der Waals surface area contributed by atoms with Crippen molar-refractivity contribution >= 4 is 33.4 Å². The molecule has 1 unspecified atom stereocenters. The quantitative estimate of drug-likeness (QED) is 0.858. The van der Waals surface area contributed by atoms with Crippen LogP contribution in [0.2, 0.25) is 5.02 Å². The number of amides is 1. The van der Waals surface area contributed by atoms with E-state index in [4.69, 9.17) is 16.3 Å². The summed E-state index contributed by atoms with van der Waals surface area (Å²) in [7, 11) is 1.60. The molecule has 0 aliphatic carbocycles. The molecule has 0 spiro atoms. The highest BCUT2D eigenvalue weighted by Crippen LogP contribution is 2.24. The number of hydrogen-bond donors (Lipinski definition) is 1. The van der Waals surface area contributed by atoms with E-state index in [-0.39, 0.29) is 12.0 Å². The maximum absolute atomic E-state index is 12.2. The lowest BCUT2D eigenvalue weighted by Crippen LogP contribution is -2.29. The number of ether oxygens (including phenoxy) is 1. The summed E-state index contributed by atoms with van der Waals surface area (Å²) in [5.74, 6) is -0.156. The number of benzene rings is 2. The zero-order chi connectivity index (χ0) is 15.2. The normalized spacial score (nSPS) is 12.0. The molecule has 0 saturated carbocycles. The Hall–Kier alpha value is -1.36. The first kappa shape index (κ1) is 16.0. The average Bonchev–Trinajstić information content (AvgIpc) is 2.49. The molecule has 110 valence electrons. The molecule has 0 saturated heterocycles. The number of carbonyl (C=O) groups is 1. The number of nitrogens with one attached hydrogen (secondary N) is 1. The molecule has 0 radical (unpaired) electrons. The Morgan fingerprint density at radius 3 is 2.57 bits per heavy atom. The Morgan fingerprint density at radius 1 is 1.24 bits per heavy atom. The first-order valence-electron chi connectivity index (χ1n) is 6.43. The molecule has 2 rings (SSSR count). The van der Waals surface area contributed by atoms with Crippen LogP contribution in [0.3, 0.4) is 0 Å². The van der Waals surface area contributed by atoms with E-state index in [1.54, 1.807) is 19.2 Å². The van der Waals surface area contributed by atoms with E-state index in [1.165, 1.54) is 0 Å². The maximum Gasteiger partial charge on any atom is 0.252 e. The Morgan fingerprint density at radius 2 is 1.90 bits per heavy atom. The molecule has 2 aromatic rings. The van der Waals surface area contributed by atoms with Crippen LogP contribution in [0, 0.1) is 0 Å². The van der Waals surface area contributed by atoms with Crippen LogP contribution in [0.25, 0.3) is 0 Å².